The second kappa shape index (κ2) is 10.8. The molecule has 0 bridgehead atoms. The lowest BCUT2D eigenvalue weighted by atomic mass is 9.93. The number of hydrogen-bond acceptors (Lipinski definition) is 6. The number of aromatic nitrogens is 1. The van der Waals surface area contributed by atoms with Crippen molar-refractivity contribution < 1.29 is 14.6 Å². The van der Waals surface area contributed by atoms with Crippen LogP contribution in [0.2, 0.25) is 0 Å². The molecule has 1 saturated heterocycles. The van der Waals surface area contributed by atoms with Crippen LogP contribution in [0.5, 0.6) is 5.75 Å². The number of carbonyl (C=O) groups excluding carboxylic acids is 1. The molecule has 0 unspecified atom stereocenters. The molecule has 3 heterocycles. The summed E-state index contributed by atoms with van der Waals surface area (Å²) in [5.41, 5.74) is 2.97. The topological polar surface area (TPSA) is 94.7 Å². The lowest BCUT2D eigenvalue weighted by molar-refractivity contribution is 0.0181. The fourth-order valence-electron chi connectivity index (χ4n) is 5.19. The van der Waals surface area contributed by atoms with E-state index in [0.717, 1.165) is 72.9 Å². The first-order valence-corrected chi connectivity index (χ1v) is 14.1. The number of phenols is 1. The number of likely N-dealkylation sites (tertiary alicyclic amines) is 1. The Morgan fingerprint density at radius 3 is 2.58 bits per heavy atom. The summed E-state index contributed by atoms with van der Waals surface area (Å²) < 4.78 is 6.16. The fourth-order valence-corrected chi connectivity index (χ4v) is 5.98. The predicted octanol–water partition coefficient (Wildman–Crippen LogP) is 6.24. The quantitative estimate of drug-likeness (QED) is 0.255. The zero-order valence-electron chi connectivity index (χ0n) is 22.2. The van der Waals surface area contributed by atoms with Crippen LogP contribution in [0.3, 0.4) is 0 Å². The molecule has 0 spiro atoms. The number of ether oxygens (including phenoxy) is 1. The third-order valence-electron chi connectivity index (χ3n) is 7.14. The SMILES string of the molecule is CC(C)(C)OC(=O)N1CCC(CCNCc2ccc(-c3c(O)ccc4[nH]c(=O)c5sccc5c34)cc2)CC1. The van der Waals surface area contributed by atoms with Crippen LogP contribution in [0.4, 0.5) is 4.79 Å². The van der Waals surface area contributed by atoms with Crippen LogP contribution in [-0.4, -0.2) is 46.3 Å². The monoisotopic (exact) mass is 533 g/mol. The van der Waals surface area contributed by atoms with E-state index in [1.54, 1.807) is 12.1 Å². The summed E-state index contributed by atoms with van der Waals surface area (Å²) in [7, 11) is 0. The van der Waals surface area contributed by atoms with E-state index in [4.69, 9.17) is 4.74 Å². The van der Waals surface area contributed by atoms with Gasteiger partial charge in [-0.15, -0.1) is 11.3 Å². The number of amides is 1. The molecule has 0 atom stereocenters. The Bertz CT molecular complexity index is 1490. The minimum absolute atomic E-state index is 0.103. The molecule has 0 saturated carbocycles. The van der Waals surface area contributed by atoms with E-state index in [-0.39, 0.29) is 17.4 Å². The molecule has 5 rings (SSSR count). The molecule has 1 aliphatic rings. The van der Waals surface area contributed by atoms with Crippen LogP contribution >= 0.6 is 11.3 Å². The van der Waals surface area contributed by atoms with Crippen molar-refractivity contribution in [1.29, 1.82) is 0 Å². The largest absolute Gasteiger partial charge is 0.507 e. The summed E-state index contributed by atoms with van der Waals surface area (Å²) in [5, 5.41) is 17.9. The van der Waals surface area contributed by atoms with Crippen molar-refractivity contribution in [2.45, 2.75) is 52.2 Å². The molecule has 0 radical (unpaired) electrons. The number of phenolic OH excluding ortho intramolecular Hbond substituents is 1. The van der Waals surface area contributed by atoms with Gasteiger partial charge in [-0.05, 0) is 87.2 Å². The van der Waals surface area contributed by atoms with Crippen molar-refractivity contribution >= 4 is 38.4 Å². The molecule has 1 fully saturated rings. The highest BCUT2D eigenvalue weighted by Gasteiger charge is 2.26. The number of H-pyrrole nitrogens is 1. The molecule has 7 nitrogen and oxygen atoms in total. The predicted molar refractivity (Wildman–Crippen MR) is 154 cm³/mol. The summed E-state index contributed by atoms with van der Waals surface area (Å²) in [6.45, 7) is 8.90. The highest BCUT2D eigenvalue weighted by molar-refractivity contribution is 7.17. The number of rotatable bonds is 6. The van der Waals surface area contributed by atoms with Crippen LogP contribution in [-0.2, 0) is 11.3 Å². The van der Waals surface area contributed by atoms with Gasteiger partial charge in [0.2, 0.25) is 0 Å². The summed E-state index contributed by atoms with van der Waals surface area (Å²) in [4.78, 5) is 29.4. The normalized spacial score (nSPS) is 14.9. The maximum atomic E-state index is 12.4. The molecule has 8 heteroatoms. The van der Waals surface area contributed by atoms with Crippen molar-refractivity contribution in [3.05, 3.63) is 63.8 Å². The standard InChI is InChI=1S/C30H35N3O4S/c1-30(2,3)37-29(36)33-15-11-19(12-16-33)10-14-31-18-20-4-6-21(7-5-20)25-24(34)9-8-23-26(25)22-13-17-38-27(22)28(35)32-23/h4-9,13,17,19,31,34H,10-12,14-16,18H2,1-3H3,(H,32,35). The number of aromatic amines is 1. The van der Waals surface area contributed by atoms with Crippen molar-refractivity contribution in [2.75, 3.05) is 19.6 Å². The second-order valence-electron chi connectivity index (χ2n) is 11.1. The highest BCUT2D eigenvalue weighted by Crippen LogP contribution is 2.39. The van der Waals surface area contributed by atoms with Crippen LogP contribution in [0.1, 0.15) is 45.6 Å². The van der Waals surface area contributed by atoms with E-state index in [2.05, 4.69) is 22.4 Å². The molecule has 200 valence electrons. The van der Waals surface area contributed by atoms with E-state index in [0.29, 0.717) is 10.6 Å². The van der Waals surface area contributed by atoms with Gasteiger partial charge in [0.1, 0.15) is 16.1 Å². The van der Waals surface area contributed by atoms with Crippen molar-refractivity contribution in [2.24, 2.45) is 5.92 Å². The van der Waals surface area contributed by atoms with Gasteiger partial charge in [0, 0.05) is 41.5 Å². The van der Waals surface area contributed by atoms with Gasteiger partial charge in [0.05, 0.1) is 0 Å². The molecule has 2 aromatic carbocycles. The average Bonchev–Trinajstić information content (AvgIpc) is 3.38. The molecular weight excluding hydrogens is 498 g/mol. The third-order valence-corrected chi connectivity index (χ3v) is 8.05. The summed E-state index contributed by atoms with van der Waals surface area (Å²) >= 11 is 1.41. The van der Waals surface area contributed by atoms with Crippen LogP contribution in [0.15, 0.2) is 52.6 Å². The summed E-state index contributed by atoms with van der Waals surface area (Å²) in [6, 6.07) is 13.6. The Labute approximate surface area is 226 Å². The Morgan fingerprint density at radius 1 is 1.13 bits per heavy atom. The molecule has 1 amide bonds. The summed E-state index contributed by atoms with van der Waals surface area (Å²) in [5.74, 6) is 0.805. The first kappa shape index (κ1) is 26.3. The number of aromatic hydroxyl groups is 1. The van der Waals surface area contributed by atoms with Gasteiger partial charge in [-0.3, -0.25) is 4.79 Å². The van der Waals surface area contributed by atoms with Crippen molar-refractivity contribution in [1.82, 2.24) is 15.2 Å². The number of hydrogen-bond donors (Lipinski definition) is 3. The molecular formula is C30H35N3O4S. The van der Waals surface area contributed by atoms with Crippen LogP contribution in [0.25, 0.3) is 32.1 Å². The van der Waals surface area contributed by atoms with Gasteiger partial charge < -0.3 is 25.0 Å². The van der Waals surface area contributed by atoms with Gasteiger partial charge >= 0.3 is 6.09 Å². The average molecular weight is 534 g/mol. The third kappa shape index (κ3) is 5.71. The number of carbonyl (C=O) groups is 1. The number of thiophene rings is 1. The molecule has 2 aromatic heterocycles. The van der Waals surface area contributed by atoms with Crippen molar-refractivity contribution in [3.63, 3.8) is 0 Å². The van der Waals surface area contributed by atoms with Gasteiger partial charge in [0.25, 0.3) is 5.56 Å². The lowest BCUT2D eigenvalue weighted by Crippen LogP contribution is -2.42. The molecule has 1 aliphatic heterocycles. The van der Waals surface area contributed by atoms with E-state index in [1.165, 1.54) is 16.9 Å². The van der Waals surface area contributed by atoms with Gasteiger partial charge in [-0.1, -0.05) is 24.3 Å². The van der Waals surface area contributed by atoms with E-state index in [9.17, 15) is 14.7 Å². The zero-order valence-corrected chi connectivity index (χ0v) is 23.0. The van der Waals surface area contributed by atoms with E-state index in [1.807, 2.05) is 49.3 Å². The number of nitrogens with one attached hydrogen (secondary N) is 2. The molecule has 3 N–H and O–H groups in total. The Morgan fingerprint density at radius 2 is 1.87 bits per heavy atom. The van der Waals surface area contributed by atoms with E-state index >= 15 is 0 Å². The lowest BCUT2D eigenvalue weighted by Gasteiger charge is -2.33. The minimum atomic E-state index is -0.456. The maximum Gasteiger partial charge on any atom is 0.410 e. The Balaban J connectivity index is 1.17. The van der Waals surface area contributed by atoms with Crippen LogP contribution in [0, 0.1) is 5.92 Å². The second-order valence-corrected chi connectivity index (χ2v) is 12.0. The smallest absolute Gasteiger partial charge is 0.410 e. The molecule has 4 aromatic rings. The van der Waals surface area contributed by atoms with Gasteiger partial charge in [-0.25, -0.2) is 4.79 Å². The highest BCUT2D eigenvalue weighted by atomic mass is 32.1. The first-order valence-electron chi connectivity index (χ1n) is 13.2. The van der Waals surface area contributed by atoms with Crippen molar-refractivity contribution in [3.8, 4) is 16.9 Å². The number of benzene rings is 2. The van der Waals surface area contributed by atoms with Crippen LogP contribution < -0.4 is 10.9 Å². The van der Waals surface area contributed by atoms with Gasteiger partial charge in [-0.2, -0.15) is 0 Å². The zero-order chi connectivity index (χ0) is 26.9. The van der Waals surface area contributed by atoms with Gasteiger partial charge in [0.15, 0.2) is 0 Å². The Hall–Kier alpha value is -3.36. The number of piperidine rings is 1. The first-order chi connectivity index (χ1) is 18.2. The summed E-state index contributed by atoms with van der Waals surface area (Å²) in [6.07, 6.45) is 2.89. The number of nitrogens with zero attached hydrogens (tertiary/aromatic N) is 1. The number of fused-ring (bicyclic) bond motifs is 3. The number of pyridine rings is 1. The van der Waals surface area contributed by atoms with E-state index < -0.39 is 5.60 Å². The minimum Gasteiger partial charge on any atom is -0.507 e. The molecule has 38 heavy (non-hydrogen) atoms. The Kier molecular flexibility index (Phi) is 7.45. The maximum absolute atomic E-state index is 12.4. The molecule has 0 aliphatic carbocycles. The fraction of sp³-hybridized carbons (Fsp3) is 0.400.